The minimum atomic E-state index is 0.146. The molecule has 0 amide bonds. The van der Waals surface area contributed by atoms with Crippen LogP contribution in [0.25, 0.3) is 22.2 Å². The van der Waals surface area contributed by atoms with E-state index < -0.39 is 0 Å². The smallest absolute Gasteiger partial charge is 0.295 e. The Morgan fingerprint density at radius 3 is 1.76 bits per heavy atom. The number of anilines is 2. The Balaban J connectivity index is 0.000000340. The highest BCUT2D eigenvalue weighted by atomic mass is 35.5. The van der Waals surface area contributed by atoms with Crippen LogP contribution < -0.4 is 11.1 Å². The first-order chi connectivity index (χ1) is 26.1. The third kappa shape index (κ3) is 15.0. The van der Waals surface area contributed by atoms with E-state index in [1.165, 1.54) is 5.56 Å². The lowest BCUT2D eigenvalue weighted by Gasteiger charge is -2.37. The van der Waals surface area contributed by atoms with Gasteiger partial charge in [-0.15, -0.1) is 0 Å². The van der Waals surface area contributed by atoms with E-state index in [1.54, 1.807) is 24.3 Å². The van der Waals surface area contributed by atoms with Gasteiger partial charge >= 0.3 is 0 Å². The van der Waals surface area contributed by atoms with Crippen molar-refractivity contribution in [1.29, 1.82) is 0 Å². The lowest BCUT2D eigenvalue weighted by Crippen LogP contribution is -2.50. The summed E-state index contributed by atoms with van der Waals surface area (Å²) in [5, 5.41) is 13.7. The molecule has 0 radical (unpaired) electrons. The van der Waals surface area contributed by atoms with Crippen molar-refractivity contribution in [1.82, 2.24) is 19.8 Å². The molecule has 1 aliphatic heterocycles. The van der Waals surface area contributed by atoms with Gasteiger partial charge in [0.1, 0.15) is 16.8 Å². The van der Waals surface area contributed by atoms with Crippen LogP contribution in [-0.2, 0) is 6.54 Å². The SMILES string of the molecule is CC.CC.CC.CC(C)C(CN1CCN(Cc2ccc(Cl)c(Cl)c2)CC1)Nc1nc2ccccc2o1.Clc1nc2ccccc2o1.Nc1ccccc1O. The zero-order valence-electron chi connectivity index (χ0n) is 32.8. The number of nitrogens with two attached hydrogens (primary N) is 1. The van der Waals surface area contributed by atoms with Crippen molar-refractivity contribution < 1.29 is 13.9 Å². The Bertz CT molecular complexity index is 1820. The topological polar surface area (TPSA) is 117 Å². The summed E-state index contributed by atoms with van der Waals surface area (Å²) in [7, 11) is 0. The highest BCUT2D eigenvalue weighted by molar-refractivity contribution is 6.42. The van der Waals surface area contributed by atoms with Crippen molar-refractivity contribution in [3.8, 4) is 5.75 Å². The molecule has 0 spiro atoms. The van der Waals surface area contributed by atoms with Crippen molar-refractivity contribution in [2.24, 2.45) is 5.92 Å². The number of aromatic nitrogens is 2. The first kappa shape index (κ1) is 46.2. The van der Waals surface area contributed by atoms with Crippen LogP contribution in [0.5, 0.6) is 5.75 Å². The molecule has 0 saturated carbocycles. The number of hydrogen-bond acceptors (Lipinski definition) is 9. The molecule has 4 aromatic carbocycles. The van der Waals surface area contributed by atoms with Gasteiger partial charge in [-0.25, -0.2) is 0 Å². The number of aromatic hydroxyl groups is 1. The lowest BCUT2D eigenvalue weighted by atomic mass is 10.0. The minimum Gasteiger partial charge on any atom is -0.506 e. The highest BCUT2D eigenvalue weighted by Crippen LogP contribution is 2.24. The average Bonchev–Trinajstić information content (AvgIpc) is 3.79. The fourth-order valence-electron chi connectivity index (χ4n) is 5.15. The van der Waals surface area contributed by atoms with Crippen LogP contribution in [0.3, 0.4) is 0 Å². The van der Waals surface area contributed by atoms with Gasteiger partial charge in [0.15, 0.2) is 11.2 Å². The number of nitrogens with one attached hydrogen (secondary N) is 1. The van der Waals surface area contributed by atoms with Crippen LogP contribution in [0.15, 0.2) is 99.8 Å². The number of piperazine rings is 1. The van der Waals surface area contributed by atoms with E-state index in [-0.39, 0.29) is 17.1 Å². The second-order valence-corrected chi connectivity index (χ2v) is 12.9. The van der Waals surface area contributed by atoms with Gasteiger partial charge in [0, 0.05) is 45.3 Å². The molecule has 1 unspecified atom stereocenters. The Kier molecular flexibility index (Phi) is 21.5. The van der Waals surface area contributed by atoms with Gasteiger partial charge in [0.25, 0.3) is 11.4 Å². The molecule has 3 heterocycles. The average molecular weight is 800 g/mol. The third-order valence-electron chi connectivity index (χ3n) is 7.92. The van der Waals surface area contributed by atoms with E-state index in [4.69, 9.17) is 54.5 Å². The van der Waals surface area contributed by atoms with E-state index in [0.717, 1.165) is 61.5 Å². The molecule has 1 aliphatic rings. The molecule has 54 heavy (non-hydrogen) atoms. The normalized spacial score (nSPS) is 13.0. The molecule has 4 N–H and O–H groups in total. The molecule has 6 aromatic rings. The van der Waals surface area contributed by atoms with Crippen molar-refractivity contribution in [3.05, 3.63) is 112 Å². The molecule has 0 aliphatic carbocycles. The molecule has 12 heteroatoms. The number of phenolic OH excluding ortho intramolecular Hbond substituents is 1. The Morgan fingerprint density at radius 2 is 1.24 bits per heavy atom. The first-order valence-electron chi connectivity index (χ1n) is 18.7. The predicted molar refractivity (Wildman–Crippen MR) is 230 cm³/mol. The van der Waals surface area contributed by atoms with Crippen molar-refractivity contribution in [2.45, 2.75) is 68.0 Å². The number of nitrogen functional groups attached to an aromatic ring is 1. The van der Waals surface area contributed by atoms with E-state index in [2.05, 4.69) is 45.0 Å². The monoisotopic (exact) mass is 798 g/mol. The quantitative estimate of drug-likeness (QED) is 0.107. The van der Waals surface area contributed by atoms with E-state index in [9.17, 15) is 0 Å². The summed E-state index contributed by atoms with van der Waals surface area (Å²) >= 11 is 17.7. The zero-order chi connectivity index (χ0) is 40.0. The predicted octanol–water partition coefficient (Wildman–Crippen LogP) is 11.9. The molecule has 1 atom stereocenters. The number of benzene rings is 4. The highest BCUT2D eigenvalue weighted by Gasteiger charge is 2.23. The summed E-state index contributed by atoms with van der Waals surface area (Å²) in [6.07, 6.45) is 0. The summed E-state index contributed by atoms with van der Waals surface area (Å²) in [4.78, 5) is 13.5. The fourth-order valence-corrected chi connectivity index (χ4v) is 5.65. The number of halogens is 3. The lowest BCUT2D eigenvalue weighted by molar-refractivity contribution is 0.119. The zero-order valence-corrected chi connectivity index (χ0v) is 35.1. The molecule has 294 valence electrons. The maximum Gasteiger partial charge on any atom is 0.295 e. The molecule has 2 aromatic heterocycles. The van der Waals surface area contributed by atoms with Crippen LogP contribution in [0.4, 0.5) is 11.7 Å². The van der Waals surface area contributed by atoms with E-state index in [0.29, 0.717) is 27.7 Å². The number of para-hydroxylation sites is 6. The van der Waals surface area contributed by atoms with Crippen LogP contribution in [0.1, 0.15) is 61.0 Å². The molecule has 1 saturated heterocycles. The van der Waals surface area contributed by atoms with Crippen LogP contribution in [0, 0.1) is 5.92 Å². The van der Waals surface area contributed by atoms with Gasteiger partial charge < -0.3 is 25.0 Å². The second-order valence-electron chi connectivity index (χ2n) is 11.8. The number of fused-ring (bicyclic) bond motifs is 2. The molecular formula is C42H57Cl3N6O3. The van der Waals surface area contributed by atoms with Gasteiger partial charge in [0.05, 0.1) is 15.7 Å². The standard InChI is InChI=1S/C23H28Cl2N4O.C7H4ClNO.C6H7NO.3C2H6/c1-16(2)21(27-23-26-20-5-3-4-6-22(20)30-23)15-29-11-9-28(10-12-29)14-17-7-8-18(24)19(25)13-17;8-7-9-5-3-1-2-4-6(5)10-7;7-5-3-1-2-4-6(5)8;3*1-2/h3-8,13,16,21H,9-12,14-15H2,1-2H3,(H,26,27);1-4H;1-4,8H,7H2;3*1-2H3. The van der Waals surface area contributed by atoms with E-state index in [1.807, 2.05) is 102 Å². The number of rotatable bonds is 7. The van der Waals surface area contributed by atoms with Gasteiger partial charge in [0.2, 0.25) is 0 Å². The summed E-state index contributed by atoms with van der Waals surface area (Å²) in [5.41, 5.74) is 10.1. The maximum absolute atomic E-state index is 8.79. The van der Waals surface area contributed by atoms with Crippen molar-refractivity contribution in [2.75, 3.05) is 43.8 Å². The Labute approximate surface area is 336 Å². The number of nitrogens with zero attached hydrogens (tertiary/aromatic N) is 4. The van der Waals surface area contributed by atoms with Crippen LogP contribution in [-0.4, -0.2) is 63.6 Å². The number of phenols is 1. The third-order valence-corrected chi connectivity index (χ3v) is 8.82. The molecular weight excluding hydrogens is 743 g/mol. The van der Waals surface area contributed by atoms with E-state index >= 15 is 0 Å². The van der Waals surface area contributed by atoms with Gasteiger partial charge in [-0.05, 0) is 71.6 Å². The Hall–Kier alpha value is -3.99. The van der Waals surface area contributed by atoms with Crippen LogP contribution in [0.2, 0.25) is 15.4 Å². The minimum absolute atomic E-state index is 0.146. The Morgan fingerprint density at radius 1 is 0.704 bits per heavy atom. The molecule has 1 fully saturated rings. The first-order valence-corrected chi connectivity index (χ1v) is 19.8. The number of oxazole rings is 2. The van der Waals surface area contributed by atoms with Crippen LogP contribution >= 0.6 is 34.8 Å². The fraction of sp³-hybridized carbons (Fsp3) is 0.381. The molecule has 7 rings (SSSR count). The molecule has 9 nitrogen and oxygen atoms in total. The van der Waals surface area contributed by atoms with Gasteiger partial charge in [-0.2, -0.15) is 9.97 Å². The maximum atomic E-state index is 8.79. The summed E-state index contributed by atoms with van der Waals surface area (Å²) in [5.74, 6) is 0.613. The summed E-state index contributed by atoms with van der Waals surface area (Å²) in [6.45, 7) is 22.5. The second kappa shape index (κ2) is 25.2. The van der Waals surface area contributed by atoms with Crippen molar-refractivity contribution >= 4 is 68.7 Å². The largest absolute Gasteiger partial charge is 0.506 e. The van der Waals surface area contributed by atoms with Gasteiger partial charge in [-0.3, -0.25) is 9.80 Å². The summed E-state index contributed by atoms with van der Waals surface area (Å²) in [6, 6.07) is 28.8. The number of hydrogen-bond donors (Lipinski definition) is 3. The van der Waals surface area contributed by atoms with Crippen molar-refractivity contribution in [3.63, 3.8) is 0 Å². The molecule has 0 bridgehead atoms. The summed E-state index contributed by atoms with van der Waals surface area (Å²) < 4.78 is 10.9. The van der Waals surface area contributed by atoms with Gasteiger partial charge in [-0.1, -0.05) is 121 Å².